The first kappa shape index (κ1) is 18.1. The third-order valence-corrected chi connectivity index (χ3v) is 7.28. The normalized spacial score (nSPS) is 14.0. The summed E-state index contributed by atoms with van der Waals surface area (Å²) in [4.78, 5) is 3.99. The van der Waals surface area contributed by atoms with Crippen molar-refractivity contribution in [1.29, 1.82) is 0 Å². The fourth-order valence-corrected chi connectivity index (χ4v) is 5.33. The van der Waals surface area contributed by atoms with E-state index in [0.717, 1.165) is 19.3 Å². The molecular formula is C13H29N6OP. The van der Waals surface area contributed by atoms with Crippen LogP contribution in [0.4, 0.5) is 5.95 Å². The topological polar surface area (TPSA) is 80.3 Å². The molecule has 21 heavy (non-hydrogen) atoms. The summed E-state index contributed by atoms with van der Waals surface area (Å²) < 4.78 is 18.7. The Kier molecular flexibility index (Phi) is 6.84. The molecule has 1 unspecified atom stereocenters. The van der Waals surface area contributed by atoms with Crippen molar-refractivity contribution in [3.05, 3.63) is 6.33 Å². The highest BCUT2D eigenvalue weighted by molar-refractivity contribution is 7.59. The smallest absolute Gasteiger partial charge is 0.239 e. The molecule has 0 saturated carbocycles. The van der Waals surface area contributed by atoms with Crippen molar-refractivity contribution in [3.8, 4) is 0 Å². The Hall–Kier alpha value is -0.910. The van der Waals surface area contributed by atoms with E-state index in [-0.39, 0.29) is 5.78 Å². The summed E-state index contributed by atoms with van der Waals surface area (Å²) in [7, 11) is 4.57. The maximum atomic E-state index is 13.5. The van der Waals surface area contributed by atoms with E-state index in [4.69, 9.17) is 5.73 Å². The maximum Gasteiger partial charge on any atom is 0.239 e. The molecule has 0 amide bonds. The summed E-state index contributed by atoms with van der Waals surface area (Å²) in [5, 5.41) is 4.20. The fraction of sp³-hybridized carbons (Fsp3) is 0.846. The van der Waals surface area contributed by atoms with Gasteiger partial charge in [-0.05, 0) is 34.6 Å². The van der Waals surface area contributed by atoms with Crippen LogP contribution < -0.4 is 5.73 Å². The van der Waals surface area contributed by atoms with Gasteiger partial charge in [0.25, 0.3) is 0 Å². The molecule has 0 radical (unpaired) electrons. The molecule has 1 rings (SSSR count). The van der Waals surface area contributed by atoms with E-state index in [1.54, 1.807) is 14.0 Å². The van der Waals surface area contributed by atoms with E-state index >= 15 is 0 Å². The lowest BCUT2D eigenvalue weighted by Gasteiger charge is -2.37. The van der Waals surface area contributed by atoms with Gasteiger partial charge >= 0.3 is 0 Å². The van der Waals surface area contributed by atoms with Crippen molar-refractivity contribution in [2.45, 2.75) is 44.8 Å². The molecule has 0 aromatic carbocycles. The van der Waals surface area contributed by atoms with Crippen LogP contribution in [0.15, 0.2) is 6.33 Å². The van der Waals surface area contributed by atoms with Gasteiger partial charge in [-0.1, -0.05) is 32.6 Å². The van der Waals surface area contributed by atoms with E-state index in [1.807, 2.05) is 28.2 Å². The average Bonchev–Trinajstić information content (AvgIpc) is 2.83. The molecule has 0 spiro atoms. The molecule has 122 valence electrons. The van der Waals surface area contributed by atoms with Crippen LogP contribution in [0.3, 0.4) is 0 Å². The molecule has 0 saturated heterocycles. The number of nitrogen functional groups attached to an aromatic ring is 1. The summed E-state index contributed by atoms with van der Waals surface area (Å²) in [5.74, 6) is 0.0428. The Labute approximate surface area is 128 Å². The predicted molar refractivity (Wildman–Crippen MR) is 87.2 cm³/mol. The van der Waals surface area contributed by atoms with Crippen LogP contribution in [0.5, 0.6) is 0 Å². The standard InChI is InChI=1S/C13H29N6OP/c1-6-7-8-9-10-12(19-13(14)15-11-16-19)21(20,17(2)3)18(4)5/h11-12H,6-10H2,1-5H3,(H2,14,15,16). The lowest BCUT2D eigenvalue weighted by Crippen LogP contribution is -2.29. The first-order valence-corrected chi connectivity index (χ1v) is 9.14. The second-order valence-electron chi connectivity index (χ2n) is 5.68. The Morgan fingerprint density at radius 1 is 1.24 bits per heavy atom. The number of hydrogen-bond donors (Lipinski definition) is 1. The van der Waals surface area contributed by atoms with Crippen LogP contribution in [0.1, 0.15) is 44.8 Å². The molecule has 0 aliphatic heterocycles. The maximum absolute atomic E-state index is 13.5. The van der Waals surface area contributed by atoms with Gasteiger partial charge in [0.1, 0.15) is 12.1 Å². The second-order valence-corrected chi connectivity index (χ2v) is 9.05. The Bertz CT molecular complexity index is 461. The van der Waals surface area contributed by atoms with Crippen molar-refractivity contribution < 1.29 is 4.57 Å². The summed E-state index contributed by atoms with van der Waals surface area (Å²) in [6, 6.07) is 0. The SMILES string of the molecule is CCCCCCC(n1ncnc1N)P(=O)(N(C)C)N(C)C. The minimum atomic E-state index is -2.79. The van der Waals surface area contributed by atoms with Crippen LogP contribution in [0.2, 0.25) is 0 Å². The molecular weight excluding hydrogens is 287 g/mol. The number of unbranched alkanes of at least 4 members (excludes halogenated alkanes) is 3. The van der Waals surface area contributed by atoms with E-state index in [9.17, 15) is 4.57 Å². The van der Waals surface area contributed by atoms with Gasteiger partial charge in [0, 0.05) is 0 Å². The van der Waals surface area contributed by atoms with E-state index in [1.165, 1.54) is 19.2 Å². The number of nitrogens with zero attached hydrogens (tertiary/aromatic N) is 5. The van der Waals surface area contributed by atoms with Crippen LogP contribution in [-0.2, 0) is 4.57 Å². The second kappa shape index (κ2) is 7.92. The van der Waals surface area contributed by atoms with E-state index in [2.05, 4.69) is 17.0 Å². The third kappa shape index (κ3) is 4.05. The summed E-state index contributed by atoms with van der Waals surface area (Å²) >= 11 is 0. The number of rotatable bonds is 9. The highest BCUT2D eigenvalue weighted by Gasteiger charge is 2.40. The Morgan fingerprint density at radius 3 is 2.29 bits per heavy atom. The molecule has 8 heteroatoms. The first-order valence-electron chi connectivity index (χ1n) is 7.46. The minimum Gasteiger partial charge on any atom is -0.368 e. The zero-order chi connectivity index (χ0) is 16.0. The predicted octanol–water partition coefficient (Wildman–Crippen LogP) is 2.65. The molecule has 0 bridgehead atoms. The van der Waals surface area contributed by atoms with Crippen LogP contribution >= 0.6 is 7.44 Å². The Balaban J connectivity index is 3.06. The van der Waals surface area contributed by atoms with Crippen molar-refractivity contribution in [1.82, 2.24) is 24.1 Å². The molecule has 0 aliphatic rings. The van der Waals surface area contributed by atoms with Gasteiger partial charge in [0.15, 0.2) is 0 Å². The van der Waals surface area contributed by atoms with E-state index in [0.29, 0.717) is 5.95 Å². The van der Waals surface area contributed by atoms with Gasteiger partial charge in [-0.15, -0.1) is 0 Å². The summed E-state index contributed by atoms with van der Waals surface area (Å²) in [6.07, 6.45) is 6.69. The van der Waals surface area contributed by atoms with Gasteiger partial charge in [0.2, 0.25) is 13.4 Å². The summed E-state index contributed by atoms with van der Waals surface area (Å²) in [5.41, 5.74) is 5.90. The highest BCUT2D eigenvalue weighted by Crippen LogP contribution is 2.61. The minimum absolute atomic E-state index is 0.276. The monoisotopic (exact) mass is 316 g/mol. The van der Waals surface area contributed by atoms with Crippen molar-refractivity contribution in [2.24, 2.45) is 0 Å². The average molecular weight is 316 g/mol. The van der Waals surface area contributed by atoms with Crippen molar-refractivity contribution >= 4 is 13.4 Å². The molecule has 0 aliphatic carbocycles. The van der Waals surface area contributed by atoms with Crippen molar-refractivity contribution in [2.75, 3.05) is 33.9 Å². The number of nitrogens with two attached hydrogens (primary N) is 1. The zero-order valence-electron chi connectivity index (χ0n) is 13.9. The molecule has 2 N–H and O–H groups in total. The van der Waals surface area contributed by atoms with Gasteiger partial charge in [0.05, 0.1) is 0 Å². The van der Waals surface area contributed by atoms with Crippen LogP contribution in [0, 0.1) is 0 Å². The third-order valence-electron chi connectivity index (χ3n) is 3.73. The molecule has 1 aromatic heterocycles. The first-order chi connectivity index (χ1) is 9.85. The van der Waals surface area contributed by atoms with Gasteiger partial charge in [-0.3, -0.25) is 4.57 Å². The number of hydrogen-bond acceptors (Lipinski definition) is 4. The Morgan fingerprint density at radius 2 is 1.86 bits per heavy atom. The van der Waals surface area contributed by atoms with Gasteiger partial charge < -0.3 is 5.73 Å². The molecule has 1 heterocycles. The van der Waals surface area contributed by atoms with Crippen LogP contribution in [0.25, 0.3) is 0 Å². The quantitative estimate of drug-likeness (QED) is 0.557. The highest BCUT2D eigenvalue weighted by atomic mass is 31.2. The molecule has 0 fully saturated rings. The molecule has 1 aromatic rings. The van der Waals surface area contributed by atoms with Crippen molar-refractivity contribution in [3.63, 3.8) is 0 Å². The van der Waals surface area contributed by atoms with Gasteiger partial charge in [-0.2, -0.15) is 5.10 Å². The fourth-order valence-electron chi connectivity index (χ4n) is 2.57. The zero-order valence-corrected chi connectivity index (χ0v) is 14.8. The lowest BCUT2D eigenvalue weighted by atomic mass is 10.1. The number of anilines is 1. The van der Waals surface area contributed by atoms with Crippen LogP contribution in [-0.4, -0.2) is 52.3 Å². The molecule has 1 atom stereocenters. The van der Waals surface area contributed by atoms with Gasteiger partial charge in [-0.25, -0.2) is 19.0 Å². The summed E-state index contributed by atoms with van der Waals surface area (Å²) in [6.45, 7) is 2.18. The largest absolute Gasteiger partial charge is 0.368 e. The molecule has 7 nitrogen and oxygen atoms in total. The lowest BCUT2D eigenvalue weighted by molar-refractivity contribution is 0.389. The number of aromatic nitrogens is 3. The van der Waals surface area contributed by atoms with E-state index < -0.39 is 7.44 Å².